The number of imidazole rings is 1. The van der Waals surface area contributed by atoms with Crippen LogP contribution in [0.5, 0.6) is 0 Å². The molecule has 0 spiro atoms. The Kier molecular flexibility index (Phi) is 8.71. The summed E-state index contributed by atoms with van der Waals surface area (Å²) in [4.78, 5) is 51.0. The highest BCUT2D eigenvalue weighted by atomic mass is 35.5. The highest BCUT2D eigenvalue weighted by molar-refractivity contribution is 6.02. The standard InChI is InChI=1S/C34H38N8O3.ClH/c1-19-14-30-39-32(23-10-11-23)40-41(30)18-26(19)22-6-2-20(3-7-22)15-29(31(36)43)42(33(44)24-8-4-21(17-35)5-9-24)25-12-13-27-28(16-25)38-34(45)37-27;/h2-3,6-7,12-14,16,18,21,23-24,29H,4-5,8-11,15,17,35H2,1H3,(H2,36,43)(H2,37,38,45);1H/t21?,24?,29-;/m0./s1. The molecule has 3 aromatic heterocycles. The summed E-state index contributed by atoms with van der Waals surface area (Å²) < 4.78 is 1.85. The molecule has 0 bridgehead atoms. The van der Waals surface area contributed by atoms with E-state index in [1.165, 1.54) is 0 Å². The van der Waals surface area contributed by atoms with Crippen molar-refractivity contribution in [2.45, 2.75) is 63.8 Å². The zero-order valence-electron chi connectivity index (χ0n) is 25.7. The second-order valence-electron chi connectivity index (χ2n) is 12.7. The van der Waals surface area contributed by atoms with E-state index in [2.05, 4.69) is 23.0 Å². The zero-order valence-corrected chi connectivity index (χ0v) is 26.6. The van der Waals surface area contributed by atoms with Crippen LogP contribution in [0, 0.1) is 18.8 Å². The average Bonchev–Trinajstić information content (AvgIpc) is 3.70. The maximum Gasteiger partial charge on any atom is 0.323 e. The number of aromatic nitrogens is 5. The van der Waals surface area contributed by atoms with Gasteiger partial charge in [-0.05, 0) is 98.9 Å². The fourth-order valence-corrected chi connectivity index (χ4v) is 6.69. The molecule has 0 unspecified atom stereocenters. The molecule has 0 saturated heterocycles. The van der Waals surface area contributed by atoms with Crippen LogP contribution in [0.3, 0.4) is 0 Å². The summed E-state index contributed by atoms with van der Waals surface area (Å²) in [5.74, 6) is 0.824. The van der Waals surface area contributed by atoms with Gasteiger partial charge in [0, 0.05) is 35.7 Å². The van der Waals surface area contributed by atoms with Gasteiger partial charge < -0.3 is 21.4 Å². The fourth-order valence-electron chi connectivity index (χ4n) is 6.69. The summed E-state index contributed by atoms with van der Waals surface area (Å²) in [6.45, 7) is 2.67. The van der Waals surface area contributed by atoms with E-state index in [1.54, 1.807) is 23.1 Å². The number of fused-ring (bicyclic) bond motifs is 2. The topological polar surface area (TPSA) is 168 Å². The molecule has 1 atom stereocenters. The van der Waals surface area contributed by atoms with Crippen molar-refractivity contribution in [1.82, 2.24) is 24.6 Å². The monoisotopic (exact) mass is 642 g/mol. The molecule has 2 aromatic carbocycles. The van der Waals surface area contributed by atoms with Crippen LogP contribution in [0.2, 0.25) is 0 Å². The molecule has 11 nitrogen and oxygen atoms in total. The predicted octanol–water partition coefficient (Wildman–Crippen LogP) is 4.37. The summed E-state index contributed by atoms with van der Waals surface area (Å²) in [5, 5.41) is 4.70. The van der Waals surface area contributed by atoms with E-state index in [9.17, 15) is 14.4 Å². The van der Waals surface area contributed by atoms with Gasteiger partial charge in [-0.25, -0.2) is 14.3 Å². The Hall–Kier alpha value is -4.48. The number of rotatable bonds is 9. The number of amides is 2. The molecule has 2 amide bonds. The van der Waals surface area contributed by atoms with Gasteiger partial charge >= 0.3 is 5.69 Å². The lowest BCUT2D eigenvalue weighted by Gasteiger charge is -2.35. The Morgan fingerprint density at radius 2 is 1.72 bits per heavy atom. The second-order valence-corrected chi connectivity index (χ2v) is 12.7. The van der Waals surface area contributed by atoms with Crippen molar-refractivity contribution < 1.29 is 9.59 Å². The van der Waals surface area contributed by atoms with Crippen LogP contribution < -0.4 is 22.1 Å². The minimum atomic E-state index is -0.923. The Balaban J connectivity index is 0.00000372. The molecule has 2 aliphatic carbocycles. The summed E-state index contributed by atoms with van der Waals surface area (Å²) in [5.41, 5.74) is 18.2. The largest absolute Gasteiger partial charge is 0.368 e. The molecule has 3 heterocycles. The van der Waals surface area contributed by atoms with Gasteiger partial charge in [0.05, 0.1) is 11.0 Å². The highest BCUT2D eigenvalue weighted by Crippen LogP contribution is 2.38. The number of hydrogen-bond donors (Lipinski definition) is 4. The van der Waals surface area contributed by atoms with Crippen LogP contribution in [-0.4, -0.2) is 49.0 Å². The molecule has 12 heteroatoms. The number of nitrogens with one attached hydrogen (secondary N) is 2. The van der Waals surface area contributed by atoms with Crippen LogP contribution in [-0.2, 0) is 16.0 Å². The van der Waals surface area contributed by atoms with Crippen molar-refractivity contribution in [2.75, 3.05) is 11.4 Å². The van der Waals surface area contributed by atoms with E-state index in [-0.39, 0.29) is 36.3 Å². The number of nitrogens with zero attached hydrogens (tertiary/aromatic N) is 4. The van der Waals surface area contributed by atoms with Crippen molar-refractivity contribution in [3.63, 3.8) is 0 Å². The molecular weight excluding hydrogens is 604 g/mol. The van der Waals surface area contributed by atoms with Crippen molar-refractivity contribution in [3.05, 3.63) is 82.2 Å². The molecular formula is C34H39ClN8O3. The quantitative estimate of drug-likeness (QED) is 0.186. The number of aromatic amines is 2. The number of halogens is 1. The van der Waals surface area contributed by atoms with Gasteiger partial charge in [0.15, 0.2) is 11.5 Å². The van der Waals surface area contributed by atoms with Gasteiger partial charge in [-0.2, -0.15) is 5.10 Å². The third-order valence-electron chi connectivity index (χ3n) is 9.52. The smallest absolute Gasteiger partial charge is 0.323 e. The number of benzene rings is 2. The first-order valence-corrected chi connectivity index (χ1v) is 15.8. The minimum absolute atomic E-state index is 0. The first kappa shape index (κ1) is 31.5. The predicted molar refractivity (Wildman–Crippen MR) is 180 cm³/mol. The zero-order chi connectivity index (χ0) is 31.2. The first-order valence-electron chi connectivity index (χ1n) is 15.8. The molecule has 5 aromatic rings. The van der Waals surface area contributed by atoms with Crippen molar-refractivity contribution in [2.24, 2.45) is 23.3 Å². The lowest BCUT2D eigenvalue weighted by atomic mass is 9.81. The third-order valence-corrected chi connectivity index (χ3v) is 9.52. The van der Waals surface area contributed by atoms with Gasteiger partial charge in [0.25, 0.3) is 0 Å². The molecule has 2 saturated carbocycles. The van der Waals surface area contributed by atoms with Crippen LogP contribution >= 0.6 is 12.4 Å². The number of hydrogen-bond acceptors (Lipinski definition) is 6. The maximum atomic E-state index is 14.2. The fraction of sp³-hybridized carbons (Fsp3) is 0.382. The number of H-pyrrole nitrogens is 2. The summed E-state index contributed by atoms with van der Waals surface area (Å²) in [6.07, 6.45) is 7.71. The molecule has 0 aliphatic heterocycles. The molecule has 0 radical (unpaired) electrons. The van der Waals surface area contributed by atoms with Crippen molar-refractivity contribution >= 4 is 46.6 Å². The second kappa shape index (κ2) is 12.7. The number of aryl methyl sites for hydroxylation is 1. The van der Waals surface area contributed by atoms with E-state index in [1.807, 2.05) is 35.0 Å². The van der Waals surface area contributed by atoms with Crippen LogP contribution in [0.1, 0.15) is 61.4 Å². The SMILES string of the molecule is Cc1cc2nc(C3CC3)nn2cc1-c1ccc(C[C@@H](C(N)=O)N(C(=O)C2CCC(CN)CC2)c2ccc3[nH]c(=O)[nH]c3c2)cc1.Cl. The maximum absolute atomic E-state index is 14.2. The lowest BCUT2D eigenvalue weighted by Crippen LogP contribution is -2.52. The van der Waals surface area contributed by atoms with Crippen LogP contribution in [0.25, 0.3) is 27.8 Å². The van der Waals surface area contributed by atoms with Crippen molar-refractivity contribution in [3.8, 4) is 11.1 Å². The number of carbonyl (C=O) groups is 2. The summed E-state index contributed by atoms with van der Waals surface area (Å²) in [7, 11) is 0. The van der Waals surface area contributed by atoms with E-state index in [0.29, 0.717) is 47.9 Å². The van der Waals surface area contributed by atoms with Gasteiger partial charge in [-0.15, -0.1) is 12.4 Å². The molecule has 6 N–H and O–H groups in total. The Bertz CT molecular complexity index is 1950. The van der Waals surface area contributed by atoms with Crippen molar-refractivity contribution in [1.29, 1.82) is 0 Å². The van der Waals surface area contributed by atoms with Crippen LogP contribution in [0.15, 0.2) is 59.5 Å². The Morgan fingerprint density at radius 3 is 2.39 bits per heavy atom. The van der Waals surface area contributed by atoms with E-state index >= 15 is 0 Å². The van der Waals surface area contributed by atoms with E-state index in [4.69, 9.17) is 21.5 Å². The molecule has 2 fully saturated rings. The molecule has 7 rings (SSSR count). The number of carbonyl (C=O) groups excluding carboxylic acids is 2. The summed E-state index contributed by atoms with van der Waals surface area (Å²) in [6, 6.07) is 14.4. The van der Waals surface area contributed by atoms with Gasteiger partial charge in [0.1, 0.15) is 6.04 Å². The molecule has 46 heavy (non-hydrogen) atoms. The van der Waals surface area contributed by atoms with E-state index in [0.717, 1.165) is 59.4 Å². The first-order chi connectivity index (χ1) is 21.8. The third kappa shape index (κ3) is 6.17. The Labute approximate surface area is 272 Å². The van der Waals surface area contributed by atoms with Gasteiger partial charge in [-0.1, -0.05) is 24.3 Å². The number of anilines is 1. The lowest BCUT2D eigenvalue weighted by molar-refractivity contribution is -0.127. The number of pyridine rings is 1. The van der Waals surface area contributed by atoms with Crippen LogP contribution in [0.4, 0.5) is 5.69 Å². The summed E-state index contributed by atoms with van der Waals surface area (Å²) >= 11 is 0. The normalized spacial score (nSPS) is 18.7. The number of primary amides is 1. The highest BCUT2D eigenvalue weighted by Gasteiger charge is 2.36. The number of nitrogens with two attached hydrogens (primary N) is 2. The average molecular weight is 643 g/mol. The van der Waals surface area contributed by atoms with E-state index < -0.39 is 11.9 Å². The molecule has 2 aliphatic rings. The Morgan fingerprint density at radius 1 is 1.00 bits per heavy atom. The van der Waals surface area contributed by atoms with Gasteiger partial charge in [-0.3, -0.25) is 14.5 Å². The van der Waals surface area contributed by atoms with Gasteiger partial charge in [0.2, 0.25) is 11.8 Å². The molecule has 240 valence electrons. The minimum Gasteiger partial charge on any atom is -0.368 e.